The van der Waals surface area contributed by atoms with E-state index in [2.05, 4.69) is 16.0 Å². The molecule has 8 heteroatoms. The summed E-state index contributed by atoms with van der Waals surface area (Å²) in [6.07, 6.45) is 0. The molecule has 0 aliphatic rings. The number of carbonyl (C=O) groups excluding carboxylic acids is 3. The van der Waals surface area contributed by atoms with E-state index in [1.807, 2.05) is 0 Å². The summed E-state index contributed by atoms with van der Waals surface area (Å²) in [5.41, 5.74) is 2.41. The van der Waals surface area contributed by atoms with Crippen LogP contribution in [-0.4, -0.2) is 63.5 Å². The van der Waals surface area contributed by atoms with E-state index >= 15 is 0 Å². The van der Waals surface area contributed by atoms with Crippen LogP contribution in [0.2, 0.25) is 0 Å². The number of nitrogens with zero attached hydrogens (tertiary/aromatic N) is 1. The first kappa shape index (κ1) is 21.9. The third kappa shape index (κ3) is 6.93. The van der Waals surface area contributed by atoms with E-state index in [0.29, 0.717) is 30.0 Å². The first-order valence-electron chi connectivity index (χ1n) is 9.13. The summed E-state index contributed by atoms with van der Waals surface area (Å²) in [4.78, 5) is 37.4. The number of anilines is 2. The SMILES string of the molecule is COCCNC(=O)c1ccc(NCC(=O)Nc2ccc(C(=O)N(C)C)cc2)cc1. The van der Waals surface area contributed by atoms with Crippen molar-refractivity contribution < 1.29 is 19.1 Å². The number of hydrogen-bond donors (Lipinski definition) is 3. The number of ether oxygens (including phenoxy) is 1. The minimum atomic E-state index is -0.224. The van der Waals surface area contributed by atoms with Crippen LogP contribution in [-0.2, 0) is 9.53 Å². The Morgan fingerprint density at radius 1 is 0.897 bits per heavy atom. The third-order valence-corrected chi connectivity index (χ3v) is 4.01. The quantitative estimate of drug-likeness (QED) is 0.560. The Morgan fingerprint density at radius 3 is 2.07 bits per heavy atom. The zero-order chi connectivity index (χ0) is 21.2. The van der Waals surface area contributed by atoms with Crippen LogP contribution in [0.5, 0.6) is 0 Å². The number of carbonyl (C=O) groups is 3. The second-order valence-electron chi connectivity index (χ2n) is 6.50. The summed E-state index contributed by atoms with van der Waals surface area (Å²) >= 11 is 0. The molecule has 2 aromatic carbocycles. The molecular formula is C21H26N4O4. The monoisotopic (exact) mass is 398 g/mol. The summed E-state index contributed by atoms with van der Waals surface area (Å²) in [5.74, 6) is -0.499. The van der Waals surface area contributed by atoms with Crippen molar-refractivity contribution in [3.05, 3.63) is 59.7 Å². The van der Waals surface area contributed by atoms with Crippen molar-refractivity contribution in [2.75, 3.05) is 51.5 Å². The predicted molar refractivity (Wildman–Crippen MR) is 112 cm³/mol. The Hall–Kier alpha value is -3.39. The highest BCUT2D eigenvalue weighted by Crippen LogP contribution is 2.12. The fourth-order valence-corrected chi connectivity index (χ4v) is 2.45. The van der Waals surface area contributed by atoms with Crippen LogP contribution in [0.1, 0.15) is 20.7 Å². The molecule has 2 rings (SSSR count). The number of amides is 3. The van der Waals surface area contributed by atoms with Gasteiger partial charge in [-0.05, 0) is 48.5 Å². The van der Waals surface area contributed by atoms with Crippen molar-refractivity contribution >= 4 is 29.1 Å². The molecule has 0 radical (unpaired) electrons. The summed E-state index contributed by atoms with van der Waals surface area (Å²) in [6.45, 7) is 0.965. The maximum atomic E-state index is 12.1. The number of benzene rings is 2. The molecule has 2 aromatic rings. The van der Waals surface area contributed by atoms with Gasteiger partial charge in [0.25, 0.3) is 11.8 Å². The predicted octanol–water partition coefficient (Wildman–Crippen LogP) is 1.82. The van der Waals surface area contributed by atoms with Gasteiger partial charge in [-0.15, -0.1) is 0 Å². The molecule has 0 saturated heterocycles. The van der Waals surface area contributed by atoms with Gasteiger partial charge >= 0.3 is 0 Å². The third-order valence-electron chi connectivity index (χ3n) is 4.01. The number of rotatable bonds is 9. The van der Waals surface area contributed by atoms with Gasteiger partial charge in [-0.2, -0.15) is 0 Å². The van der Waals surface area contributed by atoms with E-state index in [-0.39, 0.29) is 24.3 Å². The molecule has 0 aliphatic carbocycles. The van der Waals surface area contributed by atoms with Crippen LogP contribution in [0.4, 0.5) is 11.4 Å². The van der Waals surface area contributed by atoms with Gasteiger partial charge < -0.3 is 25.6 Å². The molecular weight excluding hydrogens is 372 g/mol. The van der Waals surface area contributed by atoms with E-state index in [1.54, 1.807) is 69.7 Å². The average molecular weight is 398 g/mol. The summed E-state index contributed by atoms with van der Waals surface area (Å²) < 4.78 is 4.89. The largest absolute Gasteiger partial charge is 0.383 e. The topological polar surface area (TPSA) is 99.8 Å². The highest BCUT2D eigenvalue weighted by molar-refractivity contribution is 5.97. The van der Waals surface area contributed by atoms with E-state index in [4.69, 9.17) is 4.74 Å². The van der Waals surface area contributed by atoms with Crippen LogP contribution in [0.3, 0.4) is 0 Å². The molecule has 0 spiro atoms. The summed E-state index contributed by atoms with van der Waals surface area (Å²) in [6, 6.07) is 13.5. The second kappa shape index (κ2) is 10.8. The van der Waals surface area contributed by atoms with Crippen molar-refractivity contribution in [2.45, 2.75) is 0 Å². The lowest BCUT2D eigenvalue weighted by Gasteiger charge is -2.11. The highest BCUT2D eigenvalue weighted by atomic mass is 16.5. The minimum absolute atomic E-state index is 0.0672. The summed E-state index contributed by atoms with van der Waals surface area (Å²) in [7, 11) is 4.94. The van der Waals surface area contributed by atoms with E-state index in [9.17, 15) is 14.4 Å². The van der Waals surface area contributed by atoms with Gasteiger partial charge in [0.1, 0.15) is 0 Å². The summed E-state index contributed by atoms with van der Waals surface area (Å²) in [5, 5.41) is 8.51. The average Bonchev–Trinajstić information content (AvgIpc) is 2.72. The van der Waals surface area contributed by atoms with Gasteiger partial charge in [-0.3, -0.25) is 14.4 Å². The zero-order valence-corrected chi connectivity index (χ0v) is 16.8. The Bertz CT molecular complexity index is 833. The van der Waals surface area contributed by atoms with Gasteiger partial charge in [-0.1, -0.05) is 0 Å². The van der Waals surface area contributed by atoms with Gasteiger partial charge in [0.15, 0.2) is 0 Å². The first-order valence-corrected chi connectivity index (χ1v) is 9.13. The van der Waals surface area contributed by atoms with Crippen molar-refractivity contribution in [3.8, 4) is 0 Å². The molecule has 0 heterocycles. The van der Waals surface area contributed by atoms with E-state index in [1.165, 1.54) is 4.90 Å². The van der Waals surface area contributed by atoms with E-state index in [0.717, 1.165) is 5.69 Å². The van der Waals surface area contributed by atoms with E-state index < -0.39 is 0 Å². The number of hydrogen-bond acceptors (Lipinski definition) is 5. The molecule has 0 aliphatic heterocycles. The van der Waals surface area contributed by atoms with Crippen LogP contribution >= 0.6 is 0 Å². The lowest BCUT2D eigenvalue weighted by molar-refractivity contribution is -0.114. The standard InChI is InChI=1S/C21H26N4O4/c1-25(2)21(28)16-6-10-18(11-7-16)24-19(26)14-23-17-8-4-15(5-9-17)20(27)22-12-13-29-3/h4-11,23H,12-14H2,1-3H3,(H,22,27)(H,24,26). The van der Waals surface area contributed by atoms with Gasteiger partial charge in [0, 0.05) is 50.3 Å². The fourth-order valence-electron chi connectivity index (χ4n) is 2.45. The fraction of sp³-hybridized carbons (Fsp3) is 0.286. The molecule has 0 unspecified atom stereocenters. The van der Waals surface area contributed by atoms with Crippen LogP contribution < -0.4 is 16.0 Å². The van der Waals surface area contributed by atoms with Gasteiger partial charge in [-0.25, -0.2) is 0 Å². The molecule has 0 bridgehead atoms. The first-order chi connectivity index (χ1) is 13.9. The molecule has 8 nitrogen and oxygen atoms in total. The van der Waals surface area contributed by atoms with Gasteiger partial charge in [0.2, 0.25) is 5.91 Å². The molecule has 0 saturated carbocycles. The van der Waals surface area contributed by atoms with Crippen molar-refractivity contribution in [1.82, 2.24) is 10.2 Å². The van der Waals surface area contributed by atoms with Crippen LogP contribution in [0, 0.1) is 0 Å². The highest BCUT2D eigenvalue weighted by Gasteiger charge is 2.09. The lowest BCUT2D eigenvalue weighted by Crippen LogP contribution is -2.26. The Kier molecular flexibility index (Phi) is 8.17. The van der Waals surface area contributed by atoms with Gasteiger partial charge in [0.05, 0.1) is 13.2 Å². The van der Waals surface area contributed by atoms with Crippen molar-refractivity contribution in [1.29, 1.82) is 0 Å². The van der Waals surface area contributed by atoms with Crippen LogP contribution in [0.25, 0.3) is 0 Å². The Balaban J connectivity index is 1.81. The molecule has 3 amide bonds. The maximum absolute atomic E-state index is 12.1. The number of nitrogens with one attached hydrogen (secondary N) is 3. The zero-order valence-electron chi connectivity index (χ0n) is 16.8. The number of methoxy groups -OCH3 is 1. The molecule has 0 fully saturated rings. The normalized spacial score (nSPS) is 10.2. The molecule has 154 valence electrons. The Morgan fingerprint density at radius 2 is 1.48 bits per heavy atom. The molecule has 0 atom stereocenters. The smallest absolute Gasteiger partial charge is 0.253 e. The van der Waals surface area contributed by atoms with Crippen molar-refractivity contribution in [3.63, 3.8) is 0 Å². The van der Waals surface area contributed by atoms with Crippen molar-refractivity contribution in [2.24, 2.45) is 0 Å². The molecule has 0 aromatic heterocycles. The maximum Gasteiger partial charge on any atom is 0.253 e. The lowest BCUT2D eigenvalue weighted by atomic mass is 10.2. The molecule has 3 N–H and O–H groups in total. The minimum Gasteiger partial charge on any atom is -0.383 e. The Labute approximate surface area is 170 Å². The molecule has 29 heavy (non-hydrogen) atoms. The second-order valence-corrected chi connectivity index (χ2v) is 6.50. The van der Waals surface area contributed by atoms with Crippen LogP contribution in [0.15, 0.2) is 48.5 Å².